The van der Waals surface area contributed by atoms with Crippen molar-refractivity contribution in [1.29, 1.82) is 0 Å². The number of carbonyl (C=O) groups is 2. The second kappa shape index (κ2) is 6.95. The lowest BCUT2D eigenvalue weighted by molar-refractivity contribution is -0.144. The van der Waals surface area contributed by atoms with Gasteiger partial charge in [0.1, 0.15) is 6.54 Å². The summed E-state index contributed by atoms with van der Waals surface area (Å²) in [6, 6.07) is 2.27. The smallest absolute Gasteiger partial charge is 0.242 e. The summed E-state index contributed by atoms with van der Waals surface area (Å²) in [4.78, 5) is 29.9. The lowest BCUT2D eigenvalue weighted by Crippen LogP contribution is -2.49. The van der Waals surface area contributed by atoms with Crippen molar-refractivity contribution in [3.8, 4) is 0 Å². The first-order valence-corrected chi connectivity index (χ1v) is 10.7. The van der Waals surface area contributed by atoms with Crippen LogP contribution in [0.3, 0.4) is 0 Å². The monoisotopic (exact) mass is 370 g/mol. The molecule has 6 rings (SSSR count). The summed E-state index contributed by atoms with van der Waals surface area (Å²) in [5, 5.41) is 4.29. The zero-order valence-electron chi connectivity index (χ0n) is 16.0. The quantitative estimate of drug-likeness (QED) is 0.816. The largest absolute Gasteiger partial charge is 0.341 e. The molecule has 0 radical (unpaired) electrons. The van der Waals surface area contributed by atoms with Crippen molar-refractivity contribution in [2.75, 3.05) is 19.6 Å². The van der Waals surface area contributed by atoms with Gasteiger partial charge in [-0.25, -0.2) is 0 Å². The second-order valence-corrected chi connectivity index (χ2v) is 9.28. The molecule has 1 aromatic heterocycles. The number of nitrogens with zero attached hydrogens (tertiary/aromatic N) is 4. The van der Waals surface area contributed by atoms with E-state index in [1.165, 1.54) is 6.42 Å². The molecule has 2 saturated carbocycles. The molecule has 1 aromatic rings. The average molecular weight is 370 g/mol. The van der Waals surface area contributed by atoms with Gasteiger partial charge in [0.15, 0.2) is 0 Å². The van der Waals surface area contributed by atoms with Gasteiger partial charge in [0.2, 0.25) is 11.8 Å². The van der Waals surface area contributed by atoms with E-state index in [1.807, 2.05) is 32.9 Å². The van der Waals surface area contributed by atoms with Crippen molar-refractivity contribution in [1.82, 2.24) is 19.6 Å². The Bertz CT molecular complexity index is 681. The Morgan fingerprint density at radius 2 is 1.81 bits per heavy atom. The molecule has 146 valence electrons. The number of rotatable bonds is 4. The Kier molecular flexibility index (Phi) is 4.44. The fourth-order valence-electron chi connectivity index (χ4n) is 6.18. The van der Waals surface area contributed by atoms with Gasteiger partial charge in [-0.15, -0.1) is 0 Å². The molecule has 5 fully saturated rings. The maximum atomic E-state index is 13.0. The third-order valence-electron chi connectivity index (χ3n) is 7.46. The molecule has 0 aromatic carbocycles. The first-order chi connectivity index (χ1) is 13.2. The van der Waals surface area contributed by atoms with Gasteiger partial charge in [-0.05, 0) is 68.8 Å². The number of piperidine rings is 1. The number of amides is 2. The van der Waals surface area contributed by atoms with Crippen LogP contribution in [0.25, 0.3) is 0 Å². The van der Waals surface area contributed by atoms with E-state index in [0.717, 1.165) is 70.0 Å². The van der Waals surface area contributed by atoms with E-state index in [4.69, 9.17) is 0 Å². The standard InChI is InChI=1S/C21H30N4O2/c26-20(23-6-2-15(3-7-23)13-24-5-1-4-22-24)14-25-19-11-16-8-17(12-19)10-18(9-16)21(25)27/h1,4-5,15-19H,2-3,6-14H2/t16-,17-,18?,19?/m1/s1. The molecule has 4 heterocycles. The molecule has 3 aliphatic heterocycles. The van der Waals surface area contributed by atoms with Crippen molar-refractivity contribution >= 4 is 11.8 Å². The molecule has 0 unspecified atom stereocenters. The van der Waals surface area contributed by atoms with Crippen LogP contribution >= 0.6 is 0 Å². The van der Waals surface area contributed by atoms with E-state index in [-0.39, 0.29) is 17.7 Å². The predicted octanol–water partition coefficient (Wildman–Crippen LogP) is 2.16. The number of fused-ring (bicyclic) bond motifs is 1. The Balaban J connectivity index is 1.18. The van der Waals surface area contributed by atoms with E-state index < -0.39 is 0 Å². The molecule has 6 heteroatoms. The molecule has 4 bridgehead atoms. The molecule has 0 spiro atoms. The Hall–Kier alpha value is -1.85. The third kappa shape index (κ3) is 3.39. The van der Waals surface area contributed by atoms with Crippen LogP contribution in [0.15, 0.2) is 18.5 Å². The SMILES string of the molecule is O=C(CN1C(=O)C2C[C@@H]3CC1C[C@@H](C2)C3)N1CCC(Cn2cccn2)CC1. The normalized spacial score (nSPS) is 33.6. The number of hydrogen-bond acceptors (Lipinski definition) is 3. The van der Waals surface area contributed by atoms with Crippen molar-refractivity contribution < 1.29 is 9.59 Å². The minimum absolute atomic E-state index is 0.155. The van der Waals surface area contributed by atoms with Gasteiger partial charge in [0.25, 0.3) is 0 Å². The van der Waals surface area contributed by atoms with E-state index in [1.54, 1.807) is 0 Å². The van der Waals surface area contributed by atoms with Crippen molar-refractivity contribution in [2.24, 2.45) is 23.7 Å². The molecule has 0 N–H and O–H groups in total. The lowest BCUT2D eigenvalue weighted by atomic mass is 9.68. The fraction of sp³-hybridized carbons (Fsp3) is 0.762. The van der Waals surface area contributed by atoms with Crippen LogP contribution in [0.5, 0.6) is 0 Å². The van der Waals surface area contributed by atoms with E-state index >= 15 is 0 Å². The second-order valence-electron chi connectivity index (χ2n) is 9.28. The molecule has 2 atom stereocenters. The van der Waals surface area contributed by atoms with Crippen molar-refractivity contribution in [2.45, 2.75) is 57.5 Å². The van der Waals surface area contributed by atoms with Crippen LogP contribution in [-0.2, 0) is 16.1 Å². The first-order valence-electron chi connectivity index (χ1n) is 10.7. The lowest BCUT2D eigenvalue weighted by Gasteiger charge is -2.39. The first kappa shape index (κ1) is 17.3. The van der Waals surface area contributed by atoms with E-state index in [9.17, 15) is 9.59 Å². The van der Waals surface area contributed by atoms with E-state index in [2.05, 4.69) is 5.10 Å². The van der Waals surface area contributed by atoms with Gasteiger partial charge in [0.05, 0.1) is 0 Å². The minimum Gasteiger partial charge on any atom is -0.341 e. The summed E-state index contributed by atoms with van der Waals surface area (Å²) in [6.45, 7) is 2.87. The molecule has 2 aliphatic carbocycles. The maximum Gasteiger partial charge on any atom is 0.242 e. The van der Waals surface area contributed by atoms with Crippen LogP contribution in [0.1, 0.15) is 44.9 Å². The highest BCUT2D eigenvalue weighted by Gasteiger charge is 2.47. The minimum atomic E-state index is 0.155. The van der Waals surface area contributed by atoms with E-state index in [0.29, 0.717) is 18.5 Å². The van der Waals surface area contributed by atoms with Crippen molar-refractivity contribution in [3.63, 3.8) is 0 Å². The Morgan fingerprint density at radius 3 is 2.48 bits per heavy atom. The highest BCUT2D eigenvalue weighted by molar-refractivity contribution is 5.86. The highest BCUT2D eigenvalue weighted by Crippen LogP contribution is 2.47. The molecule has 2 amide bonds. The Labute approximate surface area is 160 Å². The van der Waals surface area contributed by atoms with Crippen LogP contribution in [0.4, 0.5) is 0 Å². The summed E-state index contributed by atoms with van der Waals surface area (Å²) in [7, 11) is 0. The van der Waals surface area contributed by atoms with Crippen molar-refractivity contribution in [3.05, 3.63) is 18.5 Å². The van der Waals surface area contributed by atoms with Gasteiger partial charge in [-0.2, -0.15) is 5.10 Å². The van der Waals surface area contributed by atoms with Gasteiger partial charge in [-0.3, -0.25) is 14.3 Å². The van der Waals surface area contributed by atoms with Crippen LogP contribution in [0, 0.1) is 23.7 Å². The molecule has 27 heavy (non-hydrogen) atoms. The number of likely N-dealkylation sites (tertiary alicyclic amines) is 1. The number of carbonyl (C=O) groups excluding carboxylic acids is 2. The summed E-state index contributed by atoms with van der Waals surface area (Å²) in [5.41, 5.74) is 0. The molecular weight excluding hydrogens is 340 g/mol. The summed E-state index contributed by atoms with van der Waals surface area (Å²) >= 11 is 0. The number of aromatic nitrogens is 2. The van der Waals surface area contributed by atoms with Gasteiger partial charge >= 0.3 is 0 Å². The zero-order valence-corrected chi connectivity index (χ0v) is 16.0. The van der Waals surface area contributed by atoms with Crippen LogP contribution < -0.4 is 0 Å². The topological polar surface area (TPSA) is 58.4 Å². The summed E-state index contributed by atoms with van der Waals surface area (Å²) < 4.78 is 1.99. The van der Waals surface area contributed by atoms with Gasteiger partial charge in [0, 0.05) is 44.0 Å². The van der Waals surface area contributed by atoms with Gasteiger partial charge in [-0.1, -0.05) is 0 Å². The Morgan fingerprint density at radius 1 is 1.07 bits per heavy atom. The van der Waals surface area contributed by atoms with Gasteiger partial charge < -0.3 is 9.80 Å². The van der Waals surface area contributed by atoms with Crippen LogP contribution in [0.2, 0.25) is 0 Å². The fourth-order valence-corrected chi connectivity index (χ4v) is 6.18. The maximum absolute atomic E-state index is 13.0. The molecule has 5 aliphatic rings. The van der Waals surface area contributed by atoms with Crippen LogP contribution in [-0.4, -0.2) is 57.1 Å². The predicted molar refractivity (Wildman–Crippen MR) is 101 cm³/mol. The number of hydrogen-bond donors (Lipinski definition) is 0. The molecule has 3 saturated heterocycles. The summed E-state index contributed by atoms with van der Waals surface area (Å²) in [6.07, 6.45) is 11.6. The summed E-state index contributed by atoms with van der Waals surface area (Å²) in [5.74, 6) is 2.63. The molecular formula is C21H30N4O2. The zero-order chi connectivity index (χ0) is 18.4. The molecule has 6 nitrogen and oxygen atoms in total. The third-order valence-corrected chi connectivity index (χ3v) is 7.46. The average Bonchev–Trinajstić information content (AvgIpc) is 3.13. The highest BCUT2D eigenvalue weighted by atomic mass is 16.2.